The van der Waals surface area contributed by atoms with Gasteiger partial charge in [-0.05, 0) is 5.56 Å². The molecule has 1 aromatic rings. The van der Waals surface area contributed by atoms with Crippen LogP contribution in [-0.2, 0) is 34.7 Å². The van der Waals surface area contributed by atoms with E-state index in [4.69, 9.17) is 9.47 Å². The highest BCUT2D eigenvalue weighted by Gasteiger charge is 2.42. The summed E-state index contributed by atoms with van der Waals surface area (Å²) in [6.45, 7) is 2.86. The van der Waals surface area contributed by atoms with Gasteiger partial charge in [0.1, 0.15) is 6.04 Å². The second-order valence-corrected chi connectivity index (χ2v) is 9.82. The molecule has 176 valence electrons. The maximum Gasteiger partial charge on any atom is 0.317 e. The Morgan fingerprint density at radius 2 is 1.94 bits per heavy atom. The van der Waals surface area contributed by atoms with Gasteiger partial charge >= 0.3 is 12.0 Å². The SMILES string of the molecule is CC(=O)OC1NC(=O)C1NCC(CS(=O)(=O)Cc1ccccc1)NC(=O)N1CCOCC1. The van der Waals surface area contributed by atoms with Crippen molar-refractivity contribution in [3.05, 3.63) is 35.9 Å². The Morgan fingerprint density at radius 3 is 2.56 bits per heavy atom. The minimum Gasteiger partial charge on any atom is -0.440 e. The fourth-order valence-electron chi connectivity index (χ4n) is 3.48. The molecule has 3 unspecified atom stereocenters. The number of morpholine rings is 1. The number of hydrogen-bond donors (Lipinski definition) is 3. The van der Waals surface area contributed by atoms with Gasteiger partial charge in [-0.1, -0.05) is 30.3 Å². The van der Waals surface area contributed by atoms with Gasteiger partial charge in [-0.3, -0.25) is 14.9 Å². The van der Waals surface area contributed by atoms with Crippen LogP contribution < -0.4 is 16.0 Å². The third-order valence-electron chi connectivity index (χ3n) is 5.06. The van der Waals surface area contributed by atoms with Crippen LogP contribution in [0.2, 0.25) is 0 Å². The van der Waals surface area contributed by atoms with Crippen molar-refractivity contribution in [3.8, 4) is 0 Å². The number of urea groups is 1. The number of sulfone groups is 1. The molecule has 0 aliphatic carbocycles. The molecular formula is C20H28N4O7S. The molecule has 0 radical (unpaired) electrons. The number of hydrogen-bond acceptors (Lipinski definition) is 8. The van der Waals surface area contributed by atoms with E-state index in [0.717, 1.165) is 0 Å². The fraction of sp³-hybridized carbons (Fsp3) is 0.550. The van der Waals surface area contributed by atoms with Crippen molar-refractivity contribution in [2.45, 2.75) is 31.0 Å². The number of benzene rings is 1. The molecule has 0 spiro atoms. The Morgan fingerprint density at radius 1 is 1.25 bits per heavy atom. The van der Waals surface area contributed by atoms with E-state index in [1.165, 1.54) is 6.92 Å². The normalized spacial score (nSPS) is 21.8. The number of ether oxygens (including phenoxy) is 2. The van der Waals surface area contributed by atoms with Gasteiger partial charge in [0.05, 0.1) is 30.8 Å². The number of carbonyl (C=O) groups is 3. The summed E-state index contributed by atoms with van der Waals surface area (Å²) < 4.78 is 35.9. The largest absolute Gasteiger partial charge is 0.440 e. The van der Waals surface area contributed by atoms with Crippen molar-refractivity contribution in [1.29, 1.82) is 0 Å². The quantitative estimate of drug-likeness (QED) is 0.309. The molecule has 12 heteroatoms. The first kappa shape index (κ1) is 24.0. The molecule has 0 saturated carbocycles. The summed E-state index contributed by atoms with van der Waals surface area (Å²) in [6, 6.07) is 6.74. The highest BCUT2D eigenvalue weighted by Crippen LogP contribution is 2.11. The molecule has 2 aliphatic rings. The van der Waals surface area contributed by atoms with Crippen LogP contribution in [0.5, 0.6) is 0 Å². The summed E-state index contributed by atoms with van der Waals surface area (Å²) >= 11 is 0. The van der Waals surface area contributed by atoms with Gasteiger partial charge in [0.2, 0.25) is 5.91 Å². The first-order chi connectivity index (χ1) is 15.2. The lowest BCUT2D eigenvalue weighted by Crippen LogP contribution is -2.70. The molecule has 2 fully saturated rings. The van der Waals surface area contributed by atoms with Crippen molar-refractivity contribution in [3.63, 3.8) is 0 Å². The monoisotopic (exact) mass is 468 g/mol. The lowest BCUT2D eigenvalue weighted by atomic mass is 10.1. The fourth-order valence-corrected chi connectivity index (χ4v) is 5.11. The summed E-state index contributed by atoms with van der Waals surface area (Å²) in [5, 5.41) is 8.11. The first-order valence-corrected chi connectivity index (χ1v) is 12.1. The van der Waals surface area contributed by atoms with Crippen LogP contribution in [0.3, 0.4) is 0 Å². The average molecular weight is 469 g/mol. The van der Waals surface area contributed by atoms with Crippen LogP contribution in [0.1, 0.15) is 12.5 Å². The minimum atomic E-state index is -3.58. The third-order valence-corrected chi connectivity index (χ3v) is 6.74. The predicted octanol–water partition coefficient (Wildman–Crippen LogP) is -1.01. The Kier molecular flexibility index (Phi) is 8.04. The smallest absolute Gasteiger partial charge is 0.317 e. The van der Waals surface area contributed by atoms with Crippen molar-refractivity contribution >= 4 is 27.7 Å². The molecule has 0 bridgehead atoms. The van der Waals surface area contributed by atoms with E-state index in [9.17, 15) is 22.8 Å². The van der Waals surface area contributed by atoms with Crippen LogP contribution in [-0.4, -0.2) is 88.1 Å². The molecule has 11 nitrogen and oxygen atoms in total. The number of nitrogens with zero attached hydrogens (tertiary/aromatic N) is 1. The average Bonchev–Trinajstić information content (AvgIpc) is 2.73. The van der Waals surface area contributed by atoms with Crippen LogP contribution >= 0.6 is 0 Å². The number of rotatable bonds is 9. The molecule has 2 saturated heterocycles. The molecule has 2 aliphatic heterocycles. The molecule has 2 heterocycles. The number of carbonyl (C=O) groups excluding carboxylic acids is 3. The topological polar surface area (TPSA) is 143 Å². The second-order valence-electron chi connectivity index (χ2n) is 7.71. The molecule has 32 heavy (non-hydrogen) atoms. The van der Waals surface area contributed by atoms with Gasteiger partial charge in [0.15, 0.2) is 16.1 Å². The van der Waals surface area contributed by atoms with Crippen LogP contribution in [0.4, 0.5) is 4.79 Å². The second kappa shape index (κ2) is 10.7. The number of β-lactam (4-membered cyclic amide) rings is 1. The van der Waals surface area contributed by atoms with Gasteiger partial charge in [-0.25, -0.2) is 13.2 Å². The molecule has 3 atom stereocenters. The van der Waals surface area contributed by atoms with E-state index in [-0.39, 0.29) is 24.0 Å². The highest BCUT2D eigenvalue weighted by molar-refractivity contribution is 7.90. The molecule has 3 N–H and O–H groups in total. The van der Waals surface area contributed by atoms with Crippen LogP contribution in [0, 0.1) is 0 Å². The Bertz CT molecular complexity index is 919. The van der Waals surface area contributed by atoms with Gasteiger partial charge < -0.3 is 25.0 Å². The summed E-state index contributed by atoms with van der Waals surface area (Å²) in [4.78, 5) is 37.2. The van der Waals surface area contributed by atoms with Crippen LogP contribution in [0.25, 0.3) is 0 Å². The molecule has 3 rings (SSSR count). The summed E-state index contributed by atoms with van der Waals surface area (Å²) in [5.74, 6) is -1.42. The van der Waals surface area contributed by atoms with E-state index in [2.05, 4.69) is 16.0 Å². The van der Waals surface area contributed by atoms with Crippen molar-refractivity contribution < 1.29 is 32.3 Å². The minimum absolute atomic E-state index is 0.0000485. The van der Waals surface area contributed by atoms with Gasteiger partial charge in [-0.2, -0.15) is 0 Å². The summed E-state index contributed by atoms with van der Waals surface area (Å²) in [5.41, 5.74) is 0.645. The van der Waals surface area contributed by atoms with Gasteiger partial charge in [0, 0.05) is 26.6 Å². The van der Waals surface area contributed by atoms with Crippen LogP contribution in [0.15, 0.2) is 30.3 Å². The lowest BCUT2D eigenvalue weighted by Gasteiger charge is -2.37. The third kappa shape index (κ3) is 6.90. The first-order valence-electron chi connectivity index (χ1n) is 10.3. The Balaban J connectivity index is 1.65. The predicted molar refractivity (Wildman–Crippen MR) is 114 cm³/mol. The highest BCUT2D eigenvalue weighted by atomic mass is 32.2. The molecule has 1 aromatic carbocycles. The zero-order chi connectivity index (χ0) is 23.1. The zero-order valence-electron chi connectivity index (χ0n) is 17.8. The maximum absolute atomic E-state index is 12.8. The molecule has 0 aromatic heterocycles. The number of amides is 3. The van der Waals surface area contributed by atoms with Crippen molar-refractivity contribution in [2.24, 2.45) is 0 Å². The van der Waals surface area contributed by atoms with E-state index in [1.54, 1.807) is 35.2 Å². The Hall–Kier alpha value is -2.70. The number of esters is 1. The van der Waals surface area contributed by atoms with E-state index in [0.29, 0.717) is 31.9 Å². The Labute approximate surface area is 186 Å². The number of nitrogens with one attached hydrogen (secondary N) is 3. The molecule has 3 amide bonds. The van der Waals surface area contributed by atoms with Gasteiger partial charge in [0.25, 0.3) is 0 Å². The van der Waals surface area contributed by atoms with E-state index in [1.807, 2.05) is 0 Å². The van der Waals surface area contributed by atoms with Crippen molar-refractivity contribution in [1.82, 2.24) is 20.9 Å². The molecular weight excluding hydrogens is 440 g/mol. The zero-order valence-corrected chi connectivity index (χ0v) is 18.6. The van der Waals surface area contributed by atoms with E-state index < -0.39 is 40.1 Å². The maximum atomic E-state index is 12.8. The van der Waals surface area contributed by atoms with E-state index >= 15 is 0 Å². The van der Waals surface area contributed by atoms with Gasteiger partial charge in [-0.15, -0.1) is 0 Å². The summed E-state index contributed by atoms with van der Waals surface area (Å²) in [7, 11) is -3.58. The summed E-state index contributed by atoms with van der Waals surface area (Å²) in [6.07, 6.45) is -0.837. The lowest BCUT2D eigenvalue weighted by molar-refractivity contribution is -0.162. The standard InChI is InChI=1S/C20H28N4O7S/c1-14(25)31-19-17(18(26)23-19)21-11-16(22-20(27)24-7-9-30-10-8-24)13-32(28,29)12-15-5-3-2-4-6-15/h2-6,16-17,19,21H,7-13H2,1H3,(H,22,27)(H,23,26). The van der Waals surface area contributed by atoms with Crippen molar-refractivity contribution in [2.75, 3.05) is 38.6 Å².